The average Bonchev–Trinajstić information content (AvgIpc) is 3.37. The fourth-order valence-electron chi connectivity index (χ4n) is 3.05. The maximum atomic E-state index is 14.0. The lowest BCUT2D eigenvalue weighted by molar-refractivity contribution is 0.102. The first kappa shape index (κ1) is 18.0. The molecule has 1 N–H and O–H groups in total. The Bertz CT molecular complexity index is 1040. The highest BCUT2D eigenvalue weighted by Gasteiger charge is 2.33. The number of hydrogen-bond acceptors (Lipinski definition) is 2. The van der Waals surface area contributed by atoms with Crippen LogP contribution in [0.15, 0.2) is 42.6 Å². The van der Waals surface area contributed by atoms with Crippen molar-refractivity contribution in [1.29, 1.82) is 0 Å². The summed E-state index contributed by atoms with van der Waals surface area (Å²) in [7, 11) is 0. The van der Waals surface area contributed by atoms with Gasteiger partial charge in [0.15, 0.2) is 0 Å². The molecule has 1 amide bonds. The minimum atomic E-state index is -0.477. The summed E-state index contributed by atoms with van der Waals surface area (Å²) in [5.41, 5.74) is 2.87. The quantitative estimate of drug-likeness (QED) is 0.601. The Morgan fingerprint density at radius 2 is 2.00 bits per heavy atom. The number of hydrogen-bond donors (Lipinski definition) is 1. The number of carbonyl (C=O) groups is 1. The molecule has 1 aromatic heterocycles. The lowest BCUT2D eigenvalue weighted by atomic mass is 10.1. The molecule has 0 aliphatic heterocycles. The third-order valence-electron chi connectivity index (χ3n) is 4.52. The highest BCUT2D eigenvalue weighted by molar-refractivity contribution is 6.35. The summed E-state index contributed by atoms with van der Waals surface area (Å²) in [5.74, 6) is -0.643. The van der Waals surface area contributed by atoms with Gasteiger partial charge in [-0.1, -0.05) is 29.3 Å². The van der Waals surface area contributed by atoms with Gasteiger partial charge in [0.2, 0.25) is 0 Å². The number of nitrogens with one attached hydrogen (secondary N) is 1. The molecule has 0 saturated heterocycles. The molecule has 3 aromatic rings. The zero-order valence-electron chi connectivity index (χ0n) is 14.5. The van der Waals surface area contributed by atoms with E-state index in [4.69, 9.17) is 23.2 Å². The van der Waals surface area contributed by atoms with Gasteiger partial charge in [0.1, 0.15) is 5.82 Å². The van der Waals surface area contributed by atoms with E-state index >= 15 is 0 Å². The van der Waals surface area contributed by atoms with Crippen LogP contribution in [0.3, 0.4) is 0 Å². The fourth-order valence-corrected chi connectivity index (χ4v) is 3.54. The van der Waals surface area contributed by atoms with E-state index in [-0.39, 0.29) is 11.6 Å². The van der Waals surface area contributed by atoms with Gasteiger partial charge in [-0.15, -0.1) is 0 Å². The lowest BCUT2D eigenvalue weighted by Crippen LogP contribution is -2.15. The van der Waals surface area contributed by atoms with Crippen LogP contribution in [0.2, 0.25) is 10.0 Å². The van der Waals surface area contributed by atoms with E-state index in [1.165, 1.54) is 12.3 Å². The third kappa shape index (κ3) is 3.57. The molecule has 0 unspecified atom stereocenters. The average molecular weight is 404 g/mol. The topological polar surface area (TPSA) is 46.9 Å². The molecule has 4 rings (SSSR count). The summed E-state index contributed by atoms with van der Waals surface area (Å²) >= 11 is 12.3. The number of anilines is 1. The Hall–Kier alpha value is -2.37. The second-order valence-corrected chi connectivity index (χ2v) is 7.51. The van der Waals surface area contributed by atoms with Crippen molar-refractivity contribution in [2.24, 2.45) is 0 Å². The molecular weight excluding hydrogens is 388 g/mol. The molecule has 2 aromatic carbocycles. The van der Waals surface area contributed by atoms with Gasteiger partial charge in [0.25, 0.3) is 5.91 Å². The second kappa shape index (κ2) is 6.98. The van der Waals surface area contributed by atoms with Crippen LogP contribution in [0.25, 0.3) is 5.69 Å². The number of rotatable bonds is 4. The van der Waals surface area contributed by atoms with E-state index in [2.05, 4.69) is 10.4 Å². The third-order valence-corrected chi connectivity index (χ3v) is 5.06. The predicted molar refractivity (Wildman–Crippen MR) is 105 cm³/mol. The van der Waals surface area contributed by atoms with Crippen molar-refractivity contribution in [3.63, 3.8) is 0 Å². The number of halogens is 3. The van der Waals surface area contributed by atoms with Crippen LogP contribution >= 0.6 is 23.2 Å². The number of carbonyl (C=O) groups excluding carboxylic acids is 1. The van der Waals surface area contributed by atoms with Crippen molar-refractivity contribution < 1.29 is 9.18 Å². The van der Waals surface area contributed by atoms with Crippen molar-refractivity contribution in [1.82, 2.24) is 9.78 Å². The first-order valence-electron chi connectivity index (χ1n) is 8.55. The van der Waals surface area contributed by atoms with E-state index < -0.39 is 11.7 Å². The standard InChI is InChI=1S/C20H16Cl2FN3O/c1-11-2-6-16(23)17(8-11)25-20(27)14-10-24-26(19(14)12-3-4-12)18-7-5-13(21)9-15(18)22/h2,5-10,12H,3-4H2,1H3,(H,25,27). The fraction of sp³-hybridized carbons (Fsp3) is 0.200. The lowest BCUT2D eigenvalue weighted by Gasteiger charge is -2.11. The van der Waals surface area contributed by atoms with E-state index in [1.54, 1.807) is 35.0 Å². The molecule has 1 saturated carbocycles. The molecule has 0 radical (unpaired) electrons. The second-order valence-electron chi connectivity index (χ2n) is 6.66. The van der Waals surface area contributed by atoms with Crippen molar-refractivity contribution in [2.75, 3.05) is 5.32 Å². The molecule has 7 heteroatoms. The largest absolute Gasteiger partial charge is 0.319 e. The highest BCUT2D eigenvalue weighted by Crippen LogP contribution is 2.43. The minimum absolute atomic E-state index is 0.152. The van der Waals surface area contributed by atoms with Crippen LogP contribution in [0.1, 0.15) is 40.4 Å². The number of aromatic nitrogens is 2. The van der Waals surface area contributed by atoms with Crippen LogP contribution in [0.5, 0.6) is 0 Å². The SMILES string of the molecule is Cc1ccc(F)c(NC(=O)c2cnn(-c3ccc(Cl)cc3Cl)c2C2CC2)c1. The molecule has 1 heterocycles. The van der Waals surface area contributed by atoms with E-state index in [0.717, 1.165) is 24.1 Å². The normalized spacial score (nSPS) is 13.6. The minimum Gasteiger partial charge on any atom is -0.319 e. The molecule has 1 fully saturated rings. The summed E-state index contributed by atoms with van der Waals surface area (Å²) < 4.78 is 15.7. The summed E-state index contributed by atoms with van der Waals surface area (Å²) in [6.45, 7) is 1.84. The Balaban J connectivity index is 1.72. The first-order chi connectivity index (χ1) is 12.9. The molecule has 0 spiro atoms. The summed E-state index contributed by atoms with van der Waals surface area (Å²) in [6, 6.07) is 9.72. The van der Waals surface area contributed by atoms with Gasteiger partial charge in [-0.25, -0.2) is 9.07 Å². The van der Waals surface area contributed by atoms with Crippen LogP contribution in [-0.2, 0) is 0 Å². The number of amides is 1. The van der Waals surface area contributed by atoms with Gasteiger partial charge >= 0.3 is 0 Å². The van der Waals surface area contributed by atoms with Gasteiger partial charge in [-0.2, -0.15) is 5.10 Å². The summed E-state index contributed by atoms with van der Waals surface area (Å²) in [5, 5.41) is 8.01. The molecule has 0 bridgehead atoms. The van der Waals surface area contributed by atoms with Gasteiger partial charge in [-0.05, 0) is 55.7 Å². The van der Waals surface area contributed by atoms with Crippen LogP contribution in [-0.4, -0.2) is 15.7 Å². The maximum absolute atomic E-state index is 14.0. The van der Waals surface area contributed by atoms with Crippen LogP contribution < -0.4 is 5.32 Å². The van der Waals surface area contributed by atoms with Crippen molar-refractivity contribution in [3.05, 3.63) is 75.3 Å². The van der Waals surface area contributed by atoms with Gasteiger partial charge in [-0.3, -0.25) is 4.79 Å². The first-order valence-corrected chi connectivity index (χ1v) is 9.30. The van der Waals surface area contributed by atoms with Gasteiger partial charge in [0, 0.05) is 10.9 Å². The number of nitrogens with zero attached hydrogens (tertiary/aromatic N) is 2. The van der Waals surface area contributed by atoms with Gasteiger partial charge in [0.05, 0.1) is 33.9 Å². The van der Waals surface area contributed by atoms with Gasteiger partial charge < -0.3 is 5.32 Å². The van der Waals surface area contributed by atoms with Crippen LogP contribution in [0.4, 0.5) is 10.1 Å². The Labute approximate surface area is 165 Å². The summed E-state index contributed by atoms with van der Waals surface area (Å²) in [4.78, 5) is 12.8. The Morgan fingerprint density at radius 1 is 1.22 bits per heavy atom. The van der Waals surface area contributed by atoms with Crippen molar-refractivity contribution in [2.45, 2.75) is 25.7 Å². The Morgan fingerprint density at radius 3 is 2.70 bits per heavy atom. The molecular formula is C20H16Cl2FN3O. The zero-order chi connectivity index (χ0) is 19.1. The number of benzene rings is 2. The summed E-state index contributed by atoms with van der Waals surface area (Å²) in [6.07, 6.45) is 3.44. The number of aryl methyl sites for hydroxylation is 1. The van der Waals surface area contributed by atoms with E-state index in [9.17, 15) is 9.18 Å². The maximum Gasteiger partial charge on any atom is 0.259 e. The highest BCUT2D eigenvalue weighted by atomic mass is 35.5. The Kier molecular flexibility index (Phi) is 4.66. The molecule has 27 heavy (non-hydrogen) atoms. The molecule has 138 valence electrons. The molecule has 4 nitrogen and oxygen atoms in total. The molecule has 0 atom stereocenters. The predicted octanol–water partition coefficient (Wildman–Crippen LogP) is 5.76. The monoisotopic (exact) mass is 403 g/mol. The van der Waals surface area contributed by atoms with Crippen LogP contribution in [0, 0.1) is 12.7 Å². The van der Waals surface area contributed by atoms with E-state index in [1.807, 2.05) is 6.92 Å². The van der Waals surface area contributed by atoms with E-state index in [0.29, 0.717) is 21.3 Å². The van der Waals surface area contributed by atoms with Crippen molar-refractivity contribution in [3.8, 4) is 5.69 Å². The molecule has 1 aliphatic rings. The smallest absolute Gasteiger partial charge is 0.259 e. The van der Waals surface area contributed by atoms with Crippen molar-refractivity contribution >= 4 is 34.8 Å². The zero-order valence-corrected chi connectivity index (χ0v) is 16.0. The molecule has 1 aliphatic carbocycles.